The maximum atomic E-state index is 13.0. The van der Waals surface area contributed by atoms with Crippen LogP contribution in [0.4, 0.5) is 11.4 Å². The zero-order valence-electron chi connectivity index (χ0n) is 17.5. The van der Waals surface area contributed by atoms with Crippen molar-refractivity contribution in [3.63, 3.8) is 0 Å². The maximum absolute atomic E-state index is 13.0. The molecule has 5 rings (SSSR count). The zero-order chi connectivity index (χ0) is 23.7. The van der Waals surface area contributed by atoms with E-state index in [1.54, 1.807) is 66.7 Å². The molecule has 4 N–H and O–H groups in total. The summed E-state index contributed by atoms with van der Waals surface area (Å²) in [6.07, 6.45) is 0. The van der Waals surface area contributed by atoms with Gasteiger partial charge in [-0.15, -0.1) is 0 Å². The van der Waals surface area contributed by atoms with Crippen LogP contribution in [-0.4, -0.2) is 27.1 Å². The van der Waals surface area contributed by atoms with Crippen LogP contribution in [0.2, 0.25) is 5.02 Å². The van der Waals surface area contributed by atoms with Crippen molar-refractivity contribution in [2.45, 2.75) is 0 Å². The number of furan rings is 1. The molecule has 0 radical (unpaired) electrons. The quantitative estimate of drug-likeness (QED) is 0.262. The summed E-state index contributed by atoms with van der Waals surface area (Å²) in [6.45, 7) is 0. The first-order valence-electron chi connectivity index (χ1n) is 10.2. The highest BCUT2D eigenvalue weighted by Crippen LogP contribution is 2.33. The van der Waals surface area contributed by atoms with Crippen LogP contribution < -0.4 is 10.6 Å². The number of hydrogen-bond acceptors (Lipinski definition) is 5. The number of phenolic OH excluding ortho intramolecular Hbond substituents is 1. The average molecular weight is 473 g/mol. The van der Waals surface area contributed by atoms with Crippen molar-refractivity contribution >= 4 is 45.8 Å². The monoisotopic (exact) mass is 472 g/mol. The van der Waals surface area contributed by atoms with Crippen molar-refractivity contribution in [1.82, 2.24) is 10.2 Å². The van der Waals surface area contributed by atoms with Gasteiger partial charge in [-0.05, 0) is 48.5 Å². The van der Waals surface area contributed by atoms with E-state index in [0.717, 1.165) is 0 Å². The van der Waals surface area contributed by atoms with Crippen LogP contribution in [0.25, 0.3) is 22.2 Å². The molecule has 0 spiro atoms. The molecule has 0 aliphatic heterocycles. The number of H-pyrrole nitrogens is 1. The number of carbonyl (C=O) groups is 2. The maximum Gasteiger partial charge on any atom is 0.293 e. The fourth-order valence-corrected chi connectivity index (χ4v) is 3.72. The predicted molar refractivity (Wildman–Crippen MR) is 129 cm³/mol. The van der Waals surface area contributed by atoms with E-state index in [-0.39, 0.29) is 22.9 Å². The topological polar surface area (TPSA) is 120 Å². The van der Waals surface area contributed by atoms with E-state index in [2.05, 4.69) is 20.8 Å². The Morgan fingerprint density at radius 2 is 1.71 bits per heavy atom. The lowest BCUT2D eigenvalue weighted by molar-refractivity contribution is 0.0999. The Bertz CT molecular complexity index is 1540. The molecule has 0 saturated carbocycles. The van der Waals surface area contributed by atoms with E-state index in [9.17, 15) is 14.7 Å². The lowest BCUT2D eigenvalue weighted by atomic mass is 10.1. The summed E-state index contributed by atoms with van der Waals surface area (Å²) < 4.78 is 5.77. The molecular formula is C25H17ClN4O4. The van der Waals surface area contributed by atoms with E-state index in [1.165, 1.54) is 12.1 Å². The first-order valence-corrected chi connectivity index (χ1v) is 10.6. The summed E-state index contributed by atoms with van der Waals surface area (Å²) in [4.78, 5) is 26.0. The normalized spacial score (nSPS) is 10.9. The minimum atomic E-state index is -0.548. The molecule has 2 amide bonds. The summed E-state index contributed by atoms with van der Waals surface area (Å²) in [5, 5.41) is 23.4. The SMILES string of the molecule is O=C(Nc1c(C(=O)Nc2cccc(Cl)c2)oc2ccccc12)c1cc(-c2ccccc2O)n[nH]1. The molecule has 3 aromatic carbocycles. The molecule has 168 valence electrons. The number of para-hydroxylation sites is 2. The van der Waals surface area contributed by atoms with E-state index < -0.39 is 11.8 Å². The summed E-state index contributed by atoms with van der Waals surface area (Å²) in [6, 6.07) is 21.9. The summed E-state index contributed by atoms with van der Waals surface area (Å²) in [5.41, 5.74) is 2.17. The van der Waals surface area contributed by atoms with Gasteiger partial charge in [0.15, 0.2) is 0 Å². The number of benzene rings is 3. The Kier molecular flexibility index (Phi) is 5.49. The van der Waals surface area contributed by atoms with Gasteiger partial charge in [0.05, 0.1) is 5.69 Å². The third-order valence-corrected chi connectivity index (χ3v) is 5.36. The minimum Gasteiger partial charge on any atom is -0.507 e. The van der Waals surface area contributed by atoms with Crippen LogP contribution in [0, 0.1) is 0 Å². The Hall–Kier alpha value is -4.56. The lowest BCUT2D eigenvalue weighted by Gasteiger charge is -2.07. The van der Waals surface area contributed by atoms with E-state index in [4.69, 9.17) is 16.0 Å². The van der Waals surface area contributed by atoms with Crippen molar-refractivity contribution < 1.29 is 19.1 Å². The number of fused-ring (bicyclic) bond motifs is 1. The van der Waals surface area contributed by atoms with Gasteiger partial charge in [-0.3, -0.25) is 14.7 Å². The van der Waals surface area contributed by atoms with Crippen LogP contribution in [0.1, 0.15) is 21.0 Å². The molecule has 0 atom stereocenters. The second-order valence-corrected chi connectivity index (χ2v) is 7.84. The number of carbonyl (C=O) groups excluding carboxylic acids is 2. The van der Waals surface area contributed by atoms with Crippen molar-refractivity contribution in [3.8, 4) is 17.0 Å². The minimum absolute atomic E-state index is 0.0433. The number of hydrogen-bond donors (Lipinski definition) is 4. The molecule has 0 aliphatic rings. The van der Waals surface area contributed by atoms with Crippen molar-refractivity contribution in [2.75, 3.05) is 10.6 Å². The number of nitrogens with zero attached hydrogens (tertiary/aromatic N) is 1. The van der Waals surface area contributed by atoms with Gasteiger partial charge in [0.2, 0.25) is 5.76 Å². The number of aromatic amines is 1. The molecule has 2 aromatic heterocycles. The van der Waals surface area contributed by atoms with Gasteiger partial charge < -0.3 is 20.2 Å². The molecule has 8 nitrogen and oxygen atoms in total. The lowest BCUT2D eigenvalue weighted by Crippen LogP contribution is -2.17. The number of amides is 2. The Morgan fingerprint density at radius 1 is 0.912 bits per heavy atom. The fourth-order valence-electron chi connectivity index (χ4n) is 3.53. The van der Waals surface area contributed by atoms with Gasteiger partial charge in [0, 0.05) is 21.7 Å². The average Bonchev–Trinajstić information content (AvgIpc) is 3.45. The second kappa shape index (κ2) is 8.76. The van der Waals surface area contributed by atoms with Crippen LogP contribution in [-0.2, 0) is 0 Å². The molecule has 2 heterocycles. The first-order chi connectivity index (χ1) is 16.5. The molecular weight excluding hydrogens is 456 g/mol. The Morgan fingerprint density at radius 3 is 2.53 bits per heavy atom. The number of anilines is 2. The number of phenols is 1. The van der Waals surface area contributed by atoms with Crippen molar-refractivity contribution in [1.29, 1.82) is 0 Å². The molecule has 5 aromatic rings. The molecule has 9 heteroatoms. The fraction of sp³-hybridized carbons (Fsp3) is 0. The van der Waals surface area contributed by atoms with E-state index >= 15 is 0 Å². The summed E-state index contributed by atoms with van der Waals surface area (Å²) >= 11 is 6.01. The number of nitrogens with one attached hydrogen (secondary N) is 3. The molecule has 0 bridgehead atoms. The number of aromatic nitrogens is 2. The summed E-state index contributed by atoms with van der Waals surface area (Å²) in [7, 11) is 0. The van der Waals surface area contributed by atoms with Crippen LogP contribution in [0.15, 0.2) is 83.3 Å². The first kappa shape index (κ1) is 21.3. The van der Waals surface area contributed by atoms with E-state index in [0.29, 0.717) is 32.9 Å². The Labute approximate surface area is 198 Å². The molecule has 0 saturated heterocycles. The molecule has 0 unspecified atom stereocenters. The molecule has 0 fully saturated rings. The number of halogens is 1. The largest absolute Gasteiger partial charge is 0.507 e. The van der Waals surface area contributed by atoms with Gasteiger partial charge in [0.25, 0.3) is 11.8 Å². The molecule has 34 heavy (non-hydrogen) atoms. The van der Waals surface area contributed by atoms with Gasteiger partial charge in [-0.25, -0.2) is 0 Å². The predicted octanol–water partition coefficient (Wildman–Crippen LogP) is 5.69. The van der Waals surface area contributed by atoms with Gasteiger partial charge in [-0.2, -0.15) is 5.10 Å². The van der Waals surface area contributed by atoms with Gasteiger partial charge in [-0.1, -0.05) is 41.9 Å². The molecule has 0 aliphatic carbocycles. The summed E-state index contributed by atoms with van der Waals surface area (Å²) in [5.74, 6) is -1.09. The van der Waals surface area contributed by atoms with Crippen molar-refractivity contribution in [3.05, 3.63) is 95.3 Å². The third kappa shape index (κ3) is 4.10. The van der Waals surface area contributed by atoms with Crippen LogP contribution in [0.5, 0.6) is 5.75 Å². The van der Waals surface area contributed by atoms with Crippen molar-refractivity contribution in [2.24, 2.45) is 0 Å². The number of aromatic hydroxyl groups is 1. The second-order valence-electron chi connectivity index (χ2n) is 7.40. The van der Waals surface area contributed by atoms with E-state index in [1.807, 2.05) is 0 Å². The van der Waals surface area contributed by atoms with Gasteiger partial charge in [0.1, 0.15) is 22.7 Å². The highest BCUT2D eigenvalue weighted by molar-refractivity contribution is 6.31. The smallest absolute Gasteiger partial charge is 0.293 e. The Balaban J connectivity index is 1.46. The van der Waals surface area contributed by atoms with Crippen LogP contribution >= 0.6 is 11.6 Å². The number of rotatable bonds is 5. The van der Waals surface area contributed by atoms with Crippen LogP contribution in [0.3, 0.4) is 0 Å². The third-order valence-electron chi connectivity index (χ3n) is 5.13. The highest BCUT2D eigenvalue weighted by atomic mass is 35.5. The van der Waals surface area contributed by atoms with Gasteiger partial charge >= 0.3 is 0 Å². The highest BCUT2D eigenvalue weighted by Gasteiger charge is 2.24. The zero-order valence-corrected chi connectivity index (χ0v) is 18.3. The standard InChI is InChI=1S/C25H17ClN4O4/c26-14-6-5-7-15(12-14)27-25(33)23-22(17-9-2-4-11-21(17)34-23)28-24(32)19-13-18(29-30-19)16-8-1-3-10-20(16)31/h1-13,31H,(H,27,33)(H,28,32)(H,29,30).